The Kier molecular flexibility index (Phi) is 8.29. The highest BCUT2D eigenvalue weighted by molar-refractivity contribution is 6.20. The van der Waals surface area contributed by atoms with Crippen molar-refractivity contribution in [2.24, 2.45) is 0 Å². The average molecular weight is 374 g/mol. The van der Waals surface area contributed by atoms with Gasteiger partial charge in [0.25, 0.3) is 0 Å². The van der Waals surface area contributed by atoms with Gasteiger partial charge >= 0.3 is 11.9 Å². The van der Waals surface area contributed by atoms with Crippen LogP contribution in [0.1, 0.15) is 65.3 Å². The van der Waals surface area contributed by atoms with E-state index in [9.17, 15) is 9.59 Å². The minimum Gasteiger partial charge on any atom is -0.386 e. The SMILES string of the molecule is CCCCC(Cl)CCCc1ccccc1C(=O)OC(=O)c1cccnc1. The number of halogens is 1. The molecule has 2 aromatic rings. The normalized spacial score (nSPS) is 11.8. The molecule has 1 aromatic carbocycles. The maximum absolute atomic E-state index is 12.4. The molecule has 1 aromatic heterocycles. The molecule has 1 atom stereocenters. The molecule has 0 radical (unpaired) electrons. The Morgan fingerprint density at radius 3 is 2.58 bits per heavy atom. The minimum atomic E-state index is -0.696. The molecule has 0 N–H and O–H groups in total. The Hall–Kier alpha value is -2.20. The molecule has 0 aliphatic rings. The highest BCUT2D eigenvalue weighted by atomic mass is 35.5. The number of unbranched alkanes of at least 4 members (excludes halogenated alkanes) is 1. The van der Waals surface area contributed by atoms with Crippen molar-refractivity contribution in [2.45, 2.75) is 50.8 Å². The van der Waals surface area contributed by atoms with E-state index in [0.717, 1.165) is 44.1 Å². The van der Waals surface area contributed by atoms with Gasteiger partial charge in [-0.3, -0.25) is 4.98 Å². The van der Waals surface area contributed by atoms with Crippen molar-refractivity contribution in [3.63, 3.8) is 0 Å². The number of carbonyl (C=O) groups is 2. The van der Waals surface area contributed by atoms with Crippen LogP contribution < -0.4 is 0 Å². The van der Waals surface area contributed by atoms with Crippen molar-refractivity contribution >= 4 is 23.5 Å². The number of hydrogen-bond donors (Lipinski definition) is 0. The zero-order valence-electron chi connectivity index (χ0n) is 15.0. The summed E-state index contributed by atoms with van der Waals surface area (Å²) in [6.45, 7) is 2.15. The Bertz CT molecular complexity index is 718. The molecule has 5 heteroatoms. The first-order chi connectivity index (χ1) is 12.6. The van der Waals surface area contributed by atoms with Gasteiger partial charge in [0.05, 0.1) is 11.1 Å². The number of esters is 2. The maximum atomic E-state index is 12.4. The number of benzene rings is 1. The number of alkyl halides is 1. The zero-order valence-corrected chi connectivity index (χ0v) is 15.7. The Balaban J connectivity index is 1.95. The van der Waals surface area contributed by atoms with Crippen LogP contribution in [-0.4, -0.2) is 22.3 Å². The smallest absolute Gasteiger partial charge is 0.347 e. The molecule has 0 fully saturated rings. The molecule has 26 heavy (non-hydrogen) atoms. The number of aromatic nitrogens is 1. The van der Waals surface area contributed by atoms with Gasteiger partial charge in [0.2, 0.25) is 0 Å². The molecule has 138 valence electrons. The van der Waals surface area contributed by atoms with E-state index in [2.05, 4.69) is 11.9 Å². The van der Waals surface area contributed by atoms with Crippen LogP contribution in [0.15, 0.2) is 48.8 Å². The van der Waals surface area contributed by atoms with Crippen molar-refractivity contribution in [2.75, 3.05) is 0 Å². The van der Waals surface area contributed by atoms with E-state index < -0.39 is 11.9 Å². The van der Waals surface area contributed by atoms with Gasteiger partial charge in [-0.05, 0) is 49.4 Å². The number of pyridine rings is 1. The fourth-order valence-electron chi connectivity index (χ4n) is 2.70. The first-order valence-corrected chi connectivity index (χ1v) is 9.44. The first-order valence-electron chi connectivity index (χ1n) is 9.00. The van der Waals surface area contributed by atoms with E-state index in [-0.39, 0.29) is 10.9 Å². The summed E-state index contributed by atoms with van der Waals surface area (Å²) in [5, 5.41) is 0.168. The third-order valence-electron chi connectivity index (χ3n) is 4.15. The Morgan fingerprint density at radius 2 is 1.85 bits per heavy atom. The molecule has 1 unspecified atom stereocenters. The van der Waals surface area contributed by atoms with E-state index in [0.29, 0.717) is 5.56 Å². The molecule has 2 rings (SSSR count). The highest BCUT2D eigenvalue weighted by Gasteiger charge is 2.18. The van der Waals surface area contributed by atoms with Crippen molar-refractivity contribution in [1.29, 1.82) is 0 Å². The van der Waals surface area contributed by atoms with Gasteiger partial charge in [0.15, 0.2) is 0 Å². The summed E-state index contributed by atoms with van der Waals surface area (Å²) in [5.74, 6) is -1.33. The van der Waals surface area contributed by atoms with E-state index in [1.165, 1.54) is 6.20 Å². The highest BCUT2D eigenvalue weighted by Crippen LogP contribution is 2.18. The summed E-state index contributed by atoms with van der Waals surface area (Å²) < 4.78 is 5.00. The van der Waals surface area contributed by atoms with Crippen molar-refractivity contribution in [3.8, 4) is 0 Å². The van der Waals surface area contributed by atoms with Crippen molar-refractivity contribution in [1.82, 2.24) is 4.98 Å². The third kappa shape index (κ3) is 6.26. The molecule has 0 aliphatic heterocycles. The van der Waals surface area contributed by atoms with Crippen LogP contribution in [-0.2, 0) is 11.2 Å². The molecule has 4 nitrogen and oxygen atoms in total. The van der Waals surface area contributed by atoms with Crippen LogP contribution in [0.25, 0.3) is 0 Å². The summed E-state index contributed by atoms with van der Waals surface area (Å²) >= 11 is 6.32. The largest absolute Gasteiger partial charge is 0.386 e. The topological polar surface area (TPSA) is 56.3 Å². The van der Waals surface area contributed by atoms with Crippen LogP contribution in [0.3, 0.4) is 0 Å². The van der Waals surface area contributed by atoms with Gasteiger partial charge in [-0.25, -0.2) is 9.59 Å². The summed E-state index contributed by atoms with van der Waals surface area (Å²) in [4.78, 5) is 28.3. The van der Waals surface area contributed by atoms with Crippen LogP contribution in [0.2, 0.25) is 0 Å². The molecular formula is C21H24ClNO3. The molecule has 0 saturated heterocycles. The molecule has 1 heterocycles. The standard InChI is InChI=1S/C21H24ClNO3/c1-2-3-11-18(22)12-6-9-16-8-4-5-13-19(16)21(25)26-20(24)17-10-7-14-23-15-17/h4-5,7-8,10,13-15,18H,2-3,6,9,11-12H2,1H3. The minimum absolute atomic E-state index is 0.168. The lowest BCUT2D eigenvalue weighted by molar-refractivity contribution is 0.0397. The fourth-order valence-corrected chi connectivity index (χ4v) is 3.01. The molecule has 0 saturated carbocycles. The monoisotopic (exact) mass is 373 g/mol. The number of nitrogens with zero attached hydrogens (tertiary/aromatic N) is 1. The second kappa shape index (κ2) is 10.7. The summed E-state index contributed by atoms with van der Waals surface area (Å²) in [7, 11) is 0. The van der Waals surface area contributed by atoms with Gasteiger partial charge < -0.3 is 4.74 Å². The van der Waals surface area contributed by atoms with Gasteiger partial charge in [0.1, 0.15) is 0 Å². The van der Waals surface area contributed by atoms with Crippen LogP contribution in [0.5, 0.6) is 0 Å². The van der Waals surface area contributed by atoms with E-state index in [1.807, 2.05) is 12.1 Å². The third-order valence-corrected chi connectivity index (χ3v) is 4.59. The number of hydrogen-bond acceptors (Lipinski definition) is 4. The summed E-state index contributed by atoms with van der Waals surface area (Å²) in [5.41, 5.74) is 1.54. The van der Waals surface area contributed by atoms with Crippen LogP contribution >= 0.6 is 11.6 Å². The maximum Gasteiger partial charge on any atom is 0.347 e. The van der Waals surface area contributed by atoms with Gasteiger partial charge in [-0.15, -0.1) is 11.6 Å². The van der Waals surface area contributed by atoms with E-state index in [4.69, 9.17) is 16.3 Å². The predicted octanol–water partition coefficient (Wildman–Crippen LogP) is 5.20. The second-order valence-electron chi connectivity index (χ2n) is 6.21. The molecule has 0 aliphatic carbocycles. The molecule has 0 bridgehead atoms. The van der Waals surface area contributed by atoms with Gasteiger partial charge in [0, 0.05) is 17.8 Å². The number of aryl methyl sites for hydroxylation is 1. The first kappa shape index (κ1) is 20.1. The average Bonchev–Trinajstić information content (AvgIpc) is 2.67. The lowest BCUT2D eigenvalue weighted by atomic mass is 10.0. The number of ether oxygens (including phenoxy) is 1. The number of carbonyl (C=O) groups excluding carboxylic acids is 2. The van der Waals surface area contributed by atoms with Crippen molar-refractivity contribution < 1.29 is 14.3 Å². The summed E-state index contributed by atoms with van der Waals surface area (Å²) in [6, 6.07) is 10.4. The van der Waals surface area contributed by atoms with E-state index >= 15 is 0 Å². The Morgan fingerprint density at radius 1 is 1.08 bits per heavy atom. The molecule has 0 amide bonds. The molecular weight excluding hydrogens is 350 g/mol. The van der Waals surface area contributed by atoms with Gasteiger partial charge in [-0.2, -0.15) is 0 Å². The van der Waals surface area contributed by atoms with E-state index in [1.54, 1.807) is 30.5 Å². The van der Waals surface area contributed by atoms with Gasteiger partial charge in [-0.1, -0.05) is 38.0 Å². The lowest BCUT2D eigenvalue weighted by Gasteiger charge is -2.11. The van der Waals surface area contributed by atoms with Crippen LogP contribution in [0, 0.1) is 0 Å². The van der Waals surface area contributed by atoms with Crippen molar-refractivity contribution in [3.05, 3.63) is 65.5 Å². The van der Waals surface area contributed by atoms with Crippen LogP contribution in [0.4, 0.5) is 0 Å². The molecule has 0 spiro atoms. The number of rotatable bonds is 9. The zero-order chi connectivity index (χ0) is 18.8. The fraction of sp³-hybridized carbons (Fsp3) is 0.381. The summed E-state index contributed by atoms with van der Waals surface area (Å²) in [6.07, 6.45) is 8.73. The predicted molar refractivity (Wildman–Crippen MR) is 103 cm³/mol. The Labute approximate surface area is 159 Å². The lowest BCUT2D eigenvalue weighted by Crippen LogP contribution is -2.15. The second-order valence-corrected chi connectivity index (χ2v) is 6.82. The quantitative estimate of drug-likeness (QED) is 0.344.